The van der Waals surface area contributed by atoms with E-state index in [4.69, 9.17) is 0 Å². The molecule has 1 atom stereocenters. The normalized spacial score (nSPS) is 12.9. The highest BCUT2D eigenvalue weighted by molar-refractivity contribution is 9.10. The Morgan fingerprint density at radius 3 is 2.58 bits per heavy atom. The second-order valence-corrected chi connectivity index (χ2v) is 5.27. The Hall–Kier alpha value is -1.56. The molecule has 2 N–H and O–H groups in total. The molecule has 1 unspecified atom stereocenters. The summed E-state index contributed by atoms with van der Waals surface area (Å²) in [6.45, 7) is 3.69. The molecule has 0 saturated carbocycles. The van der Waals surface area contributed by atoms with Gasteiger partial charge in [-0.15, -0.1) is 0 Å². The first-order chi connectivity index (χ1) is 8.86. The van der Waals surface area contributed by atoms with E-state index >= 15 is 0 Å². The molecule has 0 heterocycles. The van der Waals surface area contributed by atoms with Crippen molar-refractivity contribution >= 4 is 28.1 Å². The summed E-state index contributed by atoms with van der Waals surface area (Å²) in [5, 5.41) is 19.2. The third kappa shape index (κ3) is 3.96. The van der Waals surface area contributed by atoms with Crippen LogP contribution < -0.4 is 0 Å². The summed E-state index contributed by atoms with van der Waals surface area (Å²) in [4.78, 5) is 15.7. The Morgan fingerprint density at radius 1 is 1.42 bits per heavy atom. The second-order valence-electron chi connectivity index (χ2n) is 4.35. The standard InChI is InChI=1S/C13H16BrNO4/c1-7(2)11(13(18)19-3)15-6-8-4-9(14)5-10(16)12(8)17/h4-7,11,16-17H,1-3H3. The van der Waals surface area contributed by atoms with Crippen LogP contribution in [0.4, 0.5) is 0 Å². The lowest BCUT2D eigenvalue weighted by Crippen LogP contribution is -2.26. The number of hydrogen-bond acceptors (Lipinski definition) is 5. The minimum absolute atomic E-state index is 0.0356. The number of methoxy groups -OCH3 is 1. The first kappa shape index (κ1) is 15.5. The van der Waals surface area contributed by atoms with Crippen molar-refractivity contribution in [3.05, 3.63) is 22.2 Å². The van der Waals surface area contributed by atoms with Crippen LogP contribution in [-0.4, -0.2) is 35.5 Å². The number of halogens is 1. The van der Waals surface area contributed by atoms with Crippen LogP contribution in [0.2, 0.25) is 0 Å². The van der Waals surface area contributed by atoms with Crippen LogP contribution in [0, 0.1) is 5.92 Å². The summed E-state index contributed by atoms with van der Waals surface area (Å²) in [7, 11) is 1.30. The first-order valence-corrected chi connectivity index (χ1v) is 6.48. The molecule has 0 spiro atoms. The summed E-state index contributed by atoms with van der Waals surface area (Å²) < 4.78 is 5.27. The van der Waals surface area contributed by atoms with E-state index in [0.717, 1.165) is 0 Å². The maximum atomic E-state index is 11.5. The van der Waals surface area contributed by atoms with Gasteiger partial charge in [-0.1, -0.05) is 29.8 Å². The molecule has 0 fully saturated rings. The molecule has 104 valence electrons. The average molecular weight is 330 g/mol. The summed E-state index contributed by atoms with van der Waals surface area (Å²) in [5.74, 6) is -1.01. The van der Waals surface area contributed by atoms with Gasteiger partial charge in [-0.05, 0) is 18.1 Å². The van der Waals surface area contributed by atoms with Gasteiger partial charge < -0.3 is 14.9 Å². The average Bonchev–Trinajstić information content (AvgIpc) is 2.34. The maximum Gasteiger partial charge on any atom is 0.330 e. The number of phenols is 2. The quantitative estimate of drug-likeness (QED) is 0.505. The molecular weight excluding hydrogens is 314 g/mol. The van der Waals surface area contributed by atoms with Gasteiger partial charge in [-0.3, -0.25) is 4.99 Å². The van der Waals surface area contributed by atoms with Gasteiger partial charge in [0.2, 0.25) is 0 Å². The molecule has 19 heavy (non-hydrogen) atoms. The molecule has 0 aliphatic carbocycles. The number of ether oxygens (including phenoxy) is 1. The van der Waals surface area contributed by atoms with E-state index < -0.39 is 12.0 Å². The van der Waals surface area contributed by atoms with Crippen molar-refractivity contribution in [2.75, 3.05) is 7.11 Å². The highest BCUT2D eigenvalue weighted by Gasteiger charge is 2.21. The van der Waals surface area contributed by atoms with E-state index in [9.17, 15) is 15.0 Å². The minimum Gasteiger partial charge on any atom is -0.504 e. The molecule has 0 radical (unpaired) electrons. The largest absolute Gasteiger partial charge is 0.504 e. The molecule has 0 amide bonds. The molecule has 5 nitrogen and oxygen atoms in total. The van der Waals surface area contributed by atoms with E-state index in [1.165, 1.54) is 19.4 Å². The lowest BCUT2D eigenvalue weighted by atomic mass is 10.1. The lowest BCUT2D eigenvalue weighted by molar-refractivity contribution is -0.143. The van der Waals surface area contributed by atoms with Gasteiger partial charge in [0.15, 0.2) is 11.5 Å². The number of hydrogen-bond donors (Lipinski definition) is 2. The number of esters is 1. The maximum absolute atomic E-state index is 11.5. The molecule has 0 aromatic heterocycles. The highest BCUT2D eigenvalue weighted by atomic mass is 79.9. The first-order valence-electron chi connectivity index (χ1n) is 5.69. The van der Waals surface area contributed by atoms with E-state index in [1.807, 2.05) is 13.8 Å². The Balaban J connectivity index is 3.06. The van der Waals surface area contributed by atoms with Crippen molar-refractivity contribution in [3.63, 3.8) is 0 Å². The highest BCUT2D eigenvalue weighted by Crippen LogP contribution is 2.31. The van der Waals surface area contributed by atoms with Crippen molar-refractivity contribution in [2.24, 2.45) is 10.9 Å². The van der Waals surface area contributed by atoms with E-state index in [2.05, 4.69) is 25.7 Å². The zero-order valence-electron chi connectivity index (χ0n) is 10.9. The fourth-order valence-corrected chi connectivity index (χ4v) is 1.95. The predicted octanol–water partition coefficient (Wildman–Crippen LogP) is 2.48. The van der Waals surface area contributed by atoms with Crippen molar-refractivity contribution in [1.82, 2.24) is 0 Å². The Kier molecular flexibility index (Phi) is 5.35. The van der Waals surface area contributed by atoms with Gasteiger partial charge in [-0.25, -0.2) is 4.79 Å². The zero-order chi connectivity index (χ0) is 14.6. The number of rotatable bonds is 4. The van der Waals surface area contributed by atoms with Crippen molar-refractivity contribution in [2.45, 2.75) is 19.9 Å². The fourth-order valence-electron chi connectivity index (χ4n) is 1.49. The van der Waals surface area contributed by atoms with E-state index in [1.54, 1.807) is 6.07 Å². The molecule has 6 heteroatoms. The number of carbonyl (C=O) groups is 1. The number of benzene rings is 1. The van der Waals surface area contributed by atoms with Crippen LogP contribution in [0.5, 0.6) is 11.5 Å². The second kappa shape index (κ2) is 6.56. The van der Waals surface area contributed by atoms with Crippen LogP contribution in [0.1, 0.15) is 19.4 Å². The van der Waals surface area contributed by atoms with Crippen molar-refractivity contribution < 1.29 is 19.7 Å². The fraction of sp³-hybridized carbons (Fsp3) is 0.385. The molecule has 0 aliphatic rings. The molecule has 1 rings (SSSR count). The summed E-state index contributed by atoms with van der Waals surface area (Å²) in [5.41, 5.74) is 0.321. The molecule has 1 aromatic rings. The van der Waals surface area contributed by atoms with Gasteiger partial charge in [-0.2, -0.15) is 0 Å². The van der Waals surface area contributed by atoms with Gasteiger partial charge in [0.1, 0.15) is 6.04 Å². The van der Waals surface area contributed by atoms with Crippen molar-refractivity contribution in [1.29, 1.82) is 0 Å². The lowest BCUT2D eigenvalue weighted by Gasteiger charge is -2.13. The third-order valence-electron chi connectivity index (χ3n) is 2.53. The SMILES string of the molecule is COC(=O)C(N=Cc1cc(Br)cc(O)c1O)C(C)C. The number of carbonyl (C=O) groups excluding carboxylic acids is 1. The predicted molar refractivity (Wildman–Crippen MR) is 75.7 cm³/mol. The molecule has 0 saturated heterocycles. The van der Waals surface area contributed by atoms with Gasteiger partial charge in [0.25, 0.3) is 0 Å². The summed E-state index contributed by atoms with van der Waals surface area (Å²) in [6, 6.07) is 2.31. The van der Waals surface area contributed by atoms with Gasteiger partial charge in [0.05, 0.1) is 7.11 Å². The van der Waals surface area contributed by atoms with Gasteiger partial charge >= 0.3 is 5.97 Å². The number of nitrogens with zero attached hydrogens (tertiary/aromatic N) is 1. The third-order valence-corrected chi connectivity index (χ3v) is 2.99. The van der Waals surface area contributed by atoms with E-state index in [-0.39, 0.29) is 17.4 Å². The van der Waals surface area contributed by atoms with Crippen LogP contribution in [0.3, 0.4) is 0 Å². The van der Waals surface area contributed by atoms with Crippen LogP contribution in [0.25, 0.3) is 0 Å². The Bertz CT molecular complexity index is 500. The summed E-state index contributed by atoms with van der Waals surface area (Å²) >= 11 is 3.20. The topological polar surface area (TPSA) is 79.1 Å². The molecule has 0 bridgehead atoms. The van der Waals surface area contributed by atoms with Crippen LogP contribution in [0.15, 0.2) is 21.6 Å². The zero-order valence-corrected chi connectivity index (χ0v) is 12.5. The van der Waals surface area contributed by atoms with Gasteiger partial charge in [0, 0.05) is 16.3 Å². The number of aliphatic imine (C=N–C) groups is 1. The van der Waals surface area contributed by atoms with Crippen molar-refractivity contribution in [3.8, 4) is 11.5 Å². The summed E-state index contributed by atoms with van der Waals surface area (Å²) in [6.07, 6.45) is 1.35. The smallest absolute Gasteiger partial charge is 0.330 e. The Morgan fingerprint density at radius 2 is 2.05 bits per heavy atom. The molecular formula is C13H16BrNO4. The van der Waals surface area contributed by atoms with Crippen LogP contribution >= 0.6 is 15.9 Å². The Labute approximate surface area is 120 Å². The number of phenolic OH excluding ortho intramolecular Hbond substituents is 2. The van der Waals surface area contributed by atoms with Crippen LogP contribution in [-0.2, 0) is 9.53 Å². The molecule has 1 aromatic carbocycles. The molecule has 0 aliphatic heterocycles. The monoisotopic (exact) mass is 329 g/mol. The number of aromatic hydroxyl groups is 2. The minimum atomic E-state index is -0.648. The van der Waals surface area contributed by atoms with E-state index in [0.29, 0.717) is 10.0 Å².